The number of carbonyl (C=O) groups is 2. The summed E-state index contributed by atoms with van der Waals surface area (Å²) in [5.74, 6) is -0.905. The van der Waals surface area contributed by atoms with Crippen LogP contribution in [0.15, 0.2) is 24.3 Å². The standard InChI is InChI=1S/C16H22FN3O4S/c1-2-11-25(23,24)16(22)18-12-15(21)20-9-7-19(8-10-20)14-6-4-3-5-13(14)17/h3-6H,2,7-12H2,1H3,(H,18,22). The second-order valence-corrected chi connectivity index (χ2v) is 7.79. The van der Waals surface area contributed by atoms with Crippen LogP contribution in [0.2, 0.25) is 0 Å². The van der Waals surface area contributed by atoms with E-state index in [-0.39, 0.29) is 24.0 Å². The quantitative estimate of drug-likeness (QED) is 0.835. The van der Waals surface area contributed by atoms with Crippen molar-refractivity contribution in [3.63, 3.8) is 0 Å². The lowest BCUT2D eigenvalue weighted by Crippen LogP contribution is -2.51. The number of anilines is 1. The van der Waals surface area contributed by atoms with E-state index in [1.807, 2.05) is 4.90 Å². The minimum absolute atomic E-state index is 0.242. The van der Waals surface area contributed by atoms with Gasteiger partial charge in [-0.25, -0.2) is 12.8 Å². The fourth-order valence-electron chi connectivity index (χ4n) is 2.64. The number of nitrogens with zero attached hydrogens (tertiary/aromatic N) is 2. The van der Waals surface area contributed by atoms with Crippen molar-refractivity contribution in [2.45, 2.75) is 13.3 Å². The van der Waals surface area contributed by atoms with Crippen molar-refractivity contribution in [2.24, 2.45) is 0 Å². The van der Waals surface area contributed by atoms with Crippen LogP contribution in [0.4, 0.5) is 14.9 Å². The highest BCUT2D eigenvalue weighted by Crippen LogP contribution is 2.20. The Kier molecular flexibility index (Phi) is 6.35. The summed E-state index contributed by atoms with van der Waals surface area (Å²) in [6.07, 6.45) is 0.335. The number of benzene rings is 1. The molecule has 0 aromatic heterocycles. The molecule has 1 aromatic rings. The van der Waals surface area contributed by atoms with Gasteiger partial charge in [-0.15, -0.1) is 0 Å². The summed E-state index contributed by atoms with van der Waals surface area (Å²) in [6.45, 7) is 2.99. The first kappa shape index (κ1) is 19.2. The number of amides is 2. The Balaban J connectivity index is 1.83. The van der Waals surface area contributed by atoms with E-state index >= 15 is 0 Å². The van der Waals surface area contributed by atoms with Crippen LogP contribution in [0.1, 0.15) is 13.3 Å². The maximum Gasteiger partial charge on any atom is 0.336 e. The van der Waals surface area contributed by atoms with Crippen molar-refractivity contribution < 1.29 is 22.4 Å². The zero-order valence-electron chi connectivity index (χ0n) is 14.1. The number of halogens is 1. The third-order valence-electron chi connectivity index (χ3n) is 3.96. The topological polar surface area (TPSA) is 86.8 Å². The fourth-order valence-corrected chi connectivity index (χ4v) is 3.65. The Morgan fingerprint density at radius 1 is 1.16 bits per heavy atom. The highest BCUT2D eigenvalue weighted by atomic mass is 32.2. The molecule has 138 valence electrons. The number of rotatable bonds is 5. The third kappa shape index (κ3) is 4.91. The van der Waals surface area contributed by atoms with Crippen LogP contribution in [0.25, 0.3) is 0 Å². The highest BCUT2D eigenvalue weighted by Gasteiger charge is 2.25. The number of piperazine rings is 1. The summed E-state index contributed by atoms with van der Waals surface area (Å²) in [4.78, 5) is 27.1. The monoisotopic (exact) mass is 371 g/mol. The normalized spacial score (nSPS) is 15.1. The SMILES string of the molecule is CCCS(=O)(=O)C(=O)NCC(=O)N1CCN(c2ccccc2F)CC1. The van der Waals surface area contributed by atoms with Crippen molar-refractivity contribution in [3.05, 3.63) is 30.1 Å². The van der Waals surface area contributed by atoms with Gasteiger partial charge in [-0.1, -0.05) is 19.1 Å². The first-order chi connectivity index (χ1) is 11.8. The van der Waals surface area contributed by atoms with Gasteiger partial charge in [0.1, 0.15) is 5.82 Å². The van der Waals surface area contributed by atoms with Crippen LogP contribution in [0, 0.1) is 5.82 Å². The van der Waals surface area contributed by atoms with E-state index in [0.717, 1.165) is 0 Å². The van der Waals surface area contributed by atoms with Crippen molar-refractivity contribution in [2.75, 3.05) is 43.4 Å². The van der Waals surface area contributed by atoms with Gasteiger partial charge in [0.25, 0.3) is 0 Å². The molecule has 1 heterocycles. The molecule has 0 spiro atoms. The molecule has 0 unspecified atom stereocenters. The molecule has 2 amide bonds. The molecule has 1 aliphatic heterocycles. The summed E-state index contributed by atoms with van der Waals surface area (Å²) in [6, 6.07) is 6.45. The minimum atomic E-state index is -3.86. The van der Waals surface area contributed by atoms with Gasteiger partial charge in [0.2, 0.25) is 15.7 Å². The molecule has 1 aliphatic rings. The number of carbonyl (C=O) groups excluding carboxylic acids is 2. The highest BCUT2D eigenvalue weighted by molar-refractivity contribution is 8.06. The molecule has 0 radical (unpaired) electrons. The van der Waals surface area contributed by atoms with Crippen molar-refractivity contribution in [1.29, 1.82) is 0 Å². The Morgan fingerprint density at radius 2 is 1.80 bits per heavy atom. The number of hydrogen-bond acceptors (Lipinski definition) is 5. The first-order valence-electron chi connectivity index (χ1n) is 8.13. The van der Waals surface area contributed by atoms with Crippen molar-refractivity contribution >= 4 is 26.7 Å². The molecular formula is C16H22FN3O4S. The third-order valence-corrected chi connectivity index (χ3v) is 5.62. The predicted octanol–water partition coefficient (Wildman–Crippen LogP) is 1.01. The molecule has 9 heteroatoms. The summed E-state index contributed by atoms with van der Waals surface area (Å²) >= 11 is 0. The van der Waals surface area contributed by atoms with Gasteiger partial charge in [-0.05, 0) is 18.6 Å². The van der Waals surface area contributed by atoms with Crippen LogP contribution in [-0.4, -0.2) is 62.9 Å². The van der Waals surface area contributed by atoms with E-state index < -0.39 is 15.1 Å². The molecule has 0 aliphatic carbocycles. The molecule has 1 aromatic carbocycles. The van der Waals surface area contributed by atoms with Crippen LogP contribution >= 0.6 is 0 Å². The smallest absolute Gasteiger partial charge is 0.336 e. The Bertz CT molecular complexity index is 731. The largest absolute Gasteiger partial charge is 0.366 e. The van der Waals surface area contributed by atoms with Crippen LogP contribution in [0.3, 0.4) is 0 Å². The van der Waals surface area contributed by atoms with Gasteiger partial charge in [-0.2, -0.15) is 0 Å². The number of para-hydroxylation sites is 1. The van der Waals surface area contributed by atoms with E-state index in [4.69, 9.17) is 0 Å². The summed E-state index contributed by atoms with van der Waals surface area (Å²) in [5, 5.41) is 1.05. The van der Waals surface area contributed by atoms with Crippen LogP contribution in [-0.2, 0) is 14.6 Å². The lowest BCUT2D eigenvalue weighted by molar-refractivity contribution is -0.130. The lowest BCUT2D eigenvalue weighted by Gasteiger charge is -2.36. The van der Waals surface area contributed by atoms with Gasteiger partial charge in [0.05, 0.1) is 18.0 Å². The first-order valence-corrected chi connectivity index (χ1v) is 9.78. The van der Waals surface area contributed by atoms with Crippen molar-refractivity contribution in [3.8, 4) is 0 Å². The Morgan fingerprint density at radius 3 is 2.40 bits per heavy atom. The molecule has 0 atom stereocenters. The molecule has 1 saturated heterocycles. The van der Waals surface area contributed by atoms with Crippen LogP contribution < -0.4 is 10.2 Å². The van der Waals surface area contributed by atoms with E-state index in [2.05, 4.69) is 5.32 Å². The van der Waals surface area contributed by atoms with E-state index in [9.17, 15) is 22.4 Å². The molecule has 1 N–H and O–H groups in total. The van der Waals surface area contributed by atoms with Gasteiger partial charge in [-0.3, -0.25) is 9.59 Å². The summed E-state index contributed by atoms with van der Waals surface area (Å²) in [7, 11) is -3.86. The zero-order chi connectivity index (χ0) is 18.4. The van der Waals surface area contributed by atoms with Gasteiger partial charge in [0.15, 0.2) is 0 Å². The number of hydrogen-bond donors (Lipinski definition) is 1. The minimum Gasteiger partial charge on any atom is -0.366 e. The fraction of sp³-hybridized carbons (Fsp3) is 0.500. The molecular weight excluding hydrogens is 349 g/mol. The second-order valence-electron chi connectivity index (χ2n) is 5.78. The van der Waals surface area contributed by atoms with E-state index in [1.54, 1.807) is 25.1 Å². The molecule has 0 saturated carbocycles. The maximum absolute atomic E-state index is 13.8. The molecule has 0 bridgehead atoms. The van der Waals surface area contributed by atoms with Crippen LogP contribution in [0.5, 0.6) is 0 Å². The summed E-state index contributed by atoms with van der Waals surface area (Å²) in [5.41, 5.74) is 0.494. The summed E-state index contributed by atoms with van der Waals surface area (Å²) < 4.78 is 36.9. The molecule has 25 heavy (non-hydrogen) atoms. The average Bonchev–Trinajstić information content (AvgIpc) is 2.60. The van der Waals surface area contributed by atoms with E-state index in [0.29, 0.717) is 38.3 Å². The maximum atomic E-state index is 13.8. The van der Waals surface area contributed by atoms with Gasteiger partial charge >= 0.3 is 5.24 Å². The van der Waals surface area contributed by atoms with Crippen molar-refractivity contribution in [1.82, 2.24) is 10.2 Å². The molecule has 1 fully saturated rings. The lowest BCUT2D eigenvalue weighted by atomic mass is 10.2. The Hall–Kier alpha value is -2.16. The predicted molar refractivity (Wildman–Crippen MR) is 92.7 cm³/mol. The average molecular weight is 371 g/mol. The van der Waals surface area contributed by atoms with Gasteiger partial charge < -0.3 is 15.1 Å². The Labute approximate surface area is 146 Å². The number of nitrogens with one attached hydrogen (secondary N) is 1. The van der Waals surface area contributed by atoms with Gasteiger partial charge in [0, 0.05) is 26.2 Å². The zero-order valence-corrected chi connectivity index (χ0v) is 14.9. The van der Waals surface area contributed by atoms with E-state index in [1.165, 1.54) is 11.0 Å². The second kappa shape index (κ2) is 8.28. The molecule has 7 nitrogen and oxygen atoms in total. The number of sulfone groups is 1. The molecule has 2 rings (SSSR count).